The van der Waals surface area contributed by atoms with Crippen molar-refractivity contribution in [2.45, 2.75) is 59.0 Å². The third kappa shape index (κ3) is 2.69. The Kier molecular flexibility index (Phi) is 3.52. The first-order valence-corrected chi connectivity index (χ1v) is 7.76. The Balaban J connectivity index is 1.87. The maximum absolute atomic E-state index is 12.6. The number of amides is 1. The van der Waals surface area contributed by atoms with E-state index >= 15 is 0 Å². The van der Waals surface area contributed by atoms with E-state index in [-0.39, 0.29) is 11.9 Å². The lowest BCUT2D eigenvalue weighted by molar-refractivity contribution is -0.132. The molecule has 1 amide bonds. The molecular weight excluding hydrogens is 262 g/mol. The van der Waals surface area contributed by atoms with Crippen LogP contribution in [0.2, 0.25) is 0 Å². The predicted molar refractivity (Wildman–Crippen MR) is 84.4 cm³/mol. The zero-order valence-corrected chi connectivity index (χ0v) is 13.3. The second-order valence-electron chi connectivity index (χ2n) is 6.50. The van der Waals surface area contributed by atoms with Gasteiger partial charge in [-0.3, -0.25) is 4.79 Å². The molecule has 0 N–H and O–H groups in total. The van der Waals surface area contributed by atoms with Gasteiger partial charge in [0, 0.05) is 23.0 Å². The van der Waals surface area contributed by atoms with Gasteiger partial charge in [-0.2, -0.15) is 0 Å². The summed E-state index contributed by atoms with van der Waals surface area (Å²) in [7, 11) is 0. The molecule has 1 fully saturated rings. The van der Waals surface area contributed by atoms with Crippen molar-refractivity contribution >= 4 is 16.9 Å². The normalized spacial score (nSPS) is 14.9. The molecule has 1 aliphatic carbocycles. The number of nitrogens with zero attached hydrogens (tertiary/aromatic N) is 1. The van der Waals surface area contributed by atoms with E-state index < -0.39 is 0 Å². The minimum absolute atomic E-state index is 0.216. The second-order valence-corrected chi connectivity index (χ2v) is 6.50. The third-order valence-electron chi connectivity index (χ3n) is 4.40. The molecule has 112 valence electrons. The summed E-state index contributed by atoms with van der Waals surface area (Å²) in [6.07, 6.45) is 4.47. The van der Waals surface area contributed by atoms with Crippen molar-refractivity contribution in [3.8, 4) is 0 Å². The van der Waals surface area contributed by atoms with Crippen LogP contribution in [0.1, 0.15) is 43.4 Å². The highest BCUT2D eigenvalue weighted by atomic mass is 16.3. The van der Waals surface area contributed by atoms with Crippen LogP contribution in [0, 0.1) is 13.8 Å². The Labute approximate surface area is 125 Å². The Bertz CT molecular complexity index is 678. The Morgan fingerprint density at radius 2 is 1.95 bits per heavy atom. The zero-order valence-electron chi connectivity index (χ0n) is 13.3. The van der Waals surface area contributed by atoms with Gasteiger partial charge in [-0.1, -0.05) is 0 Å². The summed E-state index contributed by atoms with van der Waals surface area (Å²) in [6, 6.07) is 4.92. The number of furan rings is 1. The molecule has 0 bridgehead atoms. The molecule has 0 radical (unpaired) electrons. The summed E-state index contributed by atoms with van der Waals surface area (Å²) >= 11 is 0. The minimum atomic E-state index is 0.216. The summed E-state index contributed by atoms with van der Waals surface area (Å²) < 4.78 is 5.63. The van der Waals surface area contributed by atoms with Crippen molar-refractivity contribution in [2.75, 3.05) is 0 Å². The molecule has 1 aromatic carbocycles. The summed E-state index contributed by atoms with van der Waals surface area (Å²) in [5.74, 6) is 0.216. The van der Waals surface area contributed by atoms with Crippen LogP contribution in [0.15, 0.2) is 22.8 Å². The lowest BCUT2D eigenvalue weighted by atomic mass is 10.0. The Hall–Kier alpha value is -1.77. The highest BCUT2D eigenvalue weighted by molar-refractivity contribution is 5.88. The maximum atomic E-state index is 12.6. The number of carbonyl (C=O) groups is 1. The molecular formula is C18H23NO2. The molecule has 21 heavy (non-hydrogen) atoms. The molecule has 1 heterocycles. The van der Waals surface area contributed by atoms with Gasteiger partial charge in [0.2, 0.25) is 5.91 Å². The van der Waals surface area contributed by atoms with Crippen LogP contribution in [-0.2, 0) is 11.2 Å². The molecule has 1 aliphatic rings. The summed E-state index contributed by atoms with van der Waals surface area (Å²) in [4.78, 5) is 14.7. The third-order valence-corrected chi connectivity index (χ3v) is 4.40. The largest absolute Gasteiger partial charge is 0.464 e. The van der Waals surface area contributed by atoms with Gasteiger partial charge in [-0.25, -0.2) is 0 Å². The van der Waals surface area contributed by atoms with E-state index in [1.807, 2.05) is 4.90 Å². The zero-order chi connectivity index (χ0) is 15.1. The molecule has 0 unspecified atom stereocenters. The fraction of sp³-hybridized carbons (Fsp3) is 0.500. The van der Waals surface area contributed by atoms with Gasteiger partial charge < -0.3 is 9.32 Å². The van der Waals surface area contributed by atoms with Gasteiger partial charge >= 0.3 is 0 Å². The summed E-state index contributed by atoms with van der Waals surface area (Å²) in [5, 5.41) is 1.07. The van der Waals surface area contributed by atoms with Crippen LogP contribution in [0.5, 0.6) is 0 Å². The molecule has 1 saturated carbocycles. The molecule has 3 heteroatoms. The van der Waals surface area contributed by atoms with Crippen LogP contribution >= 0.6 is 0 Å². The quantitative estimate of drug-likeness (QED) is 0.851. The second kappa shape index (κ2) is 5.21. The molecule has 0 atom stereocenters. The molecule has 1 aromatic heterocycles. The van der Waals surface area contributed by atoms with Crippen molar-refractivity contribution in [1.29, 1.82) is 0 Å². The number of benzene rings is 1. The fourth-order valence-electron chi connectivity index (χ4n) is 2.99. The van der Waals surface area contributed by atoms with E-state index in [1.54, 1.807) is 6.26 Å². The average Bonchev–Trinajstić information content (AvgIpc) is 3.16. The van der Waals surface area contributed by atoms with Crippen molar-refractivity contribution in [1.82, 2.24) is 4.90 Å². The van der Waals surface area contributed by atoms with Crippen LogP contribution < -0.4 is 0 Å². The van der Waals surface area contributed by atoms with E-state index in [2.05, 4.69) is 39.8 Å². The van der Waals surface area contributed by atoms with E-state index in [0.29, 0.717) is 12.5 Å². The van der Waals surface area contributed by atoms with Gasteiger partial charge in [0.25, 0.3) is 0 Å². The first kappa shape index (κ1) is 14.2. The number of carbonyl (C=O) groups excluding carboxylic acids is 1. The standard InChI is InChI=1S/C18H23NO2/c1-11(2)19(15-5-6-15)18(20)9-14-10-21-17-8-13(4)12(3)7-16(14)17/h7-8,10-11,15H,5-6,9H2,1-4H3. The monoisotopic (exact) mass is 285 g/mol. The molecule has 3 rings (SSSR count). The van der Waals surface area contributed by atoms with Gasteiger partial charge in [-0.15, -0.1) is 0 Å². The smallest absolute Gasteiger partial charge is 0.227 e. The number of fused-ring (bicyclic) bond motifs is 1. The van der Waals surface area contributed by atoms with E-state index in [1.165, 1.54) is 11.1 Å². The molecule has 0 spiro atoms. The highest BCUT2D eigenvalue weighted by Gasteiger charge is 2.34. The van der Waals surface area contributed by atoms with Crippen molar-refractivity contribution in [2.24, 2.45) is 0 Å². The van der Waals surface area contributed by atoms with Gasteiger partial charge in [0.1, 0.15) is 5.58 Å². The Morgan fingerprint density at radius 3 is 2.57 bits per heavy atom. The van der Waals surface area contributed by atoms with Crippen LogP contribution in [0.4, 0.5) is 0 Å². The van der Waals surface area contributed by atoms with E-state index in [9.17, 15) is 4.79 Å². The van der Waals surface area contributed by atoms with Crippen LogP contribution in [0.25, 0.3) is 11.0 Å². The molecule has 2 aromatic rings. The highest BCUT2D eigenvalue weighted by Crippen LogP contribution is 2.30. The number of hydrogen-bond donors (Lipinski definition) is 0. The first-order valence-electron chi connectivity index (χ1n) is 7.76. The number of aryl methyl sites for hydroxylation is 2. The summed E-state index contributed by atoms with van der Waals surface area (Å²) in [6.45, 7) is 8.36. The SMILES string of the molecule is Cc1cc2occ(CC(=O)N(C(C)C)C3CC3)c2cc1C. The van der Waals surface area contributed by atoms with Gasteiger partial charge in [-0.05, 0) is 63.8 Å². The Morgan fingerprint density at radius 1 is 1.29 bits per heavy atom. The van der Waals surface area contributed by atoms with Crippen molar-refractivity contribution in [3.63, 3.8) is 0 Å². The first-order chi connectivity index (χ1) is 9.97. The van der Waals surface area contributed by atoms with E-state index in [0.717, 1.165) is 29.4 Å². The van der Waals surface area contributed by atoms with Crippen molar-refractivity contribution < 1.29 is 9.21 Å². The minimum Gasteiger partial charge on any atom is -0.464 e. The van der Waals surface area contributed by atoms with E-state index in [4.69, 9.17) is 4.42 Å². The molecule has 3 nitrogen and oxygen atoms in total. The lowest BCUT2D eigenvalue weighted by Gasteiger charge is -2.26. The number of rotatable bonds is 4. The fourth-order valence-corrected chi connectivity index (χ4v) is 2.99. The lowest BCUT2D eigenvalue weighted by Crippen LogP contribution is -2.39. The number of hydrogen-bond acceptors (Lipinski definition) is 2. The van der Waals surface area contributed by atoms with Crippen LogP contribution in [0.3, 0.4) is 0 Å². The molecule has 0 aliphatic heterocycles. The summed E-state index contributed by atoms with van der Waals surface area (Å²) in [5.41, 5.74) is 4.34. The predicted octanol–water partition coefficient (Wildman–Crippen LogP) is 3.99. The molecule has 0 saturated heterocycles. The van der Waals surface area contributed by atoms with Gasteiger partial charge in [0.15, 0.2) is 0 Å². The topological polar surface area (TPSA) is 33.5 Å². The van der Waals surface area contributed by atoms with Gasteiger partial charge in [0.05, 0.1) is 12.7 Å². The maximum Gasteiger partial charge on any atom is 0.227 e. The van der Waals surface area contributed by atoms with Crippen molar-refractivity contribution in [3.05, 3.63) is 35.1 Å². The van der Waals surface area contributed by atoms with Crippen LogP contribution in [-0.4, -0.2) is 22.9 Å². The average molecular weight is 285 g/mol.